The van der Waals surface area contributed by atoms with Gasteiger partial charge in [0.2, 0.25) is 0 Å². The van der Waals surface area contributed by atoms with Gasteiger partial charge in [-0.2, -0.15) is 0 Å². The van der Waals surface area contributed by atoms with Crippen LogP contribution in [0.5, 0.6) is 0 Å². The van der Waals surface area contributed by atoms with E-state index in [1.54, 1.807) is 18.3 Å². The maximum atomic E-state index is 12.5. The molecule has 1 aliphatic rings. The van der Waals surface area contributed by atoms with Crippen LogP contribution in [0.1, 0.15) is 34.2 Å². The van der Waals surface area contributed by atoms with Crippen LogP contribution in [0.2, 0.25) is 0 Å². The van der Waals surface area contributed by atoms with Crippen molar-refractivity contribution in [1.29, 1.82) is 0 Å². The van der Waals surface area contributed by atoms with Gasteiger partial charge in [-0.25, -0.2) is 15.6 Å². The molecule has 7 nitrogen and oxygen atoms in total. The number of benzene rings is 2. The van der Waals surface area contributed by atoms with Gasteiger partial charge < -0.3 is 10.5 Å². The molecular formula is C23H25N5O2. The molecule has 2 aromatic carbocycles. The van der Waals surface area contributed by atoms with Gasteiger partial charge in [0.05, 0.1) is 29.4 Å². The van der Waals surface area contributed by atoms with E-state index in [4.69, 9.17) is 16.3 Å². The van der Waals surface area contributed by atoms with E-state index in [0.29, 0.717) is 24.2 Å². The fourth-order valence-electron chi connectivity index (χ4n) is 3.73. The van der Waals surface area contributed by atoms with Gasteiger partial charge in [-0.05, 0) is 37.1 Å². The van der Waals surface area contributed by atoms with Crippen molar-refractivity contribution < 1.29 is 9.53 Å². The molecular weight excluding hydrogens is 378 g/mol. The molecule has 1 aromatic heterocycles. The Hall–Kier alpha value is -3.58. The number of nitrogens with zero attached hydrogens (tertiary/aromatic N) is 3. The number of hydrogen-bond acceptors (Lipinski definition) is 6. The summed E-state index contributed by atoms with van der Waals surface area (Å²) in [5.74, 6) is 6.13. The lowest BCUT2D eigenvalue weighted by Crippen LogP contribution is -2.33. The van der Waals surface area contributed by atoms with Crippen LogP contribution in [0.4, 0.5) is 5.69 Å². The monoisotopic (exact) mass is 403 g/mol. The van der Waals surface area contributed by atoms with Gasteiger partial charge in [0.15, 0.2) is 5.69 Å². The van der Waals surface area contributed by atoms with Crippen molar-refractivity contribution in [3.05, 3.63) is 88.8 Å². The van der Waals surface area contributed by atoms with Crippen LogP contribution in [0.25, 0.3) is 5.69 Å². The lowest BCUT2D eigenvalue weighted by molar-refractivity contribution is 0.0519. The number of hydrogen-bond donors (Lipinski definition) is 2. The highest BCUT2D eigenvalue weighted by molar-refractivity contribution is 5.89. The molecule has 4 N–H and O–H groups in total. The molecule has 0 fully saturated rings. The fourth-order valence-corrected chi connectivity index (χ4v) is 3.73. The van der Waals surface area contributed by atoms with Gasteiger partial charge >= 0.3 is 5.97 Å². The number of aryl methyl sites for hydroxylation is 1. The Balaban J connectivity index is 1.88. The average molecular weight is 403 g/mol. The zero-order chi connectivity index (χ0) is 21.3. The molecule has 30 heavy (non-hydrogen) atoms. The van der Waals surface area contributed by atoms with Crippen molar-refractivity contribution in [2.24, 2.45) is 11.6 Å². The number of carbonyl (C=O) groups is 1. The number of carbonyl (C=O) groups excluding carboxylic acids is 1. The molecule has 0 unspecified atom stereocenters. The number of rotatable bonds is 4. The highest BCUT2D eigenvalue weighted by Gasteiger charge is 2.29. The second-order valence-electron chi connectivity index (χ2n) is 7.30. The zero-order valence-electron chi connectivity index (χ0n) is 17.1. The normalized spacial score (nSPS) is 14.6. The first-order chi connectivity index (χ1) is 14.5. The molecule has 0 bridgehead atoms. The molecule has 1 aliphatic heterocycles. The molecule has 154 valence electrons. The quantitative estimate of drug-likeness (QED) is 0.513. The van der Waals surface area contributed by atoms with Crippen molar-refractivity contribution in [2.45, 2.75) is 26.7 Å². The van der Waals surface area contributed by atoms with Gasteiger partial charge in [0, 0.05) is 18.5 Å². The van der Waals surface area contributed by atoms with Crippen LogP contribution < -0.4 is 16.6 Å². The molecule has 0 saturated heterocycles. The predicted molar refractivity (Wildman–Crippen MR) is 116 cm³/mol. The van der Waals surface area contributed by atoms with E-state index in [-0.39, 0.29) is 12.3 Å². The smallest absolute Gasteiger partial charge is 0.358 e. The van der Waals surface area contributed by atoms with Crippen LogP contribution in [-0.2, 0) is 17.6 Å². The molecule has 0 aliphatic carbocycles. The molecule has 3 aromatic rings. The van der Waals surface area contributed by atoms with E-state index >= 15 is 0 Å². The highest BCUT2D eigenvalue weighted by atomic mass is 16.5. The SMILES string of the molecule is CCOC(=O)c1ncn2c1C/C(=C(/N)Cc1ccccc1)N(N)c1cc(C)ccc1-2. The lowest BCUT2D eigenvalue weighted by atomic mass is 10.1. The molecule has 0 radical (unpaired) electrons. The Kier molecular flexibility index (Phi) is 5.29. The molecule has 0 atom stereocenters. The number of anilines is 1. The van der Waals surface area contributed by atoms with Crippen molar-refractivity contribution in [3.8, 4) is 5.69 Å². The van der Waals surface area contributed by atoms with Crippen molar-refractivity contribution in [1.82, 2.24) is 9.55 Å². The Morgan fingerprint density at radius 3 is 2.67 bits per heavy atom. The second-order valence-corrected chi connectivity index (χ2v) is 7.30. The summed E-state index contributed by atoms with van der Waals surface area (Å²) < 4.78 is 7.10. The van der Waals surface area contributed by atoms with Gasteiger partial charge in [0.1, 0.15) is 6.33 Å². The van der Waals surface area contributed by atoms with Crippen LogP contribution in [0, 0.1) is 6.92 Å². The summed E-state index contributed by atoms with van der Waals surface area (Å²) >= 11 is 0. The van der Waals surface area contributed by atoms with Gasteiger partial charge in [-0.15, -0.1) is 0 Å². The van der Waals surface area contributed by atoms with E-state index in [0.717, 1.165) is 28.2 Å². The van der Waals surface area contributed by atoms with Crippen LogP contribution in [0.3, 0.4) is 0 Å². The third kappa shape index (κ3) is 3.55. The fraction of sp³-hybridized carbons (Fsp3) is 0.217. The Morgan fingerprint density at radius 2 is 1.93 bits per heavy atom. The number of ether oxygens (including phenoxy) is 1. The van der Waals surface area contributed by atoms with Crippen LogP contribution in [0.15, 0.2) is 66.3 Å². The second kappa shape index (κ2) is 8.04. The standard InChI is InChI=1S/C23H25N5O2/c1-3-30-23(29)22-21-13-19(17(24)12-16-7-5-4-6-8-16)28(25)20-11-15(2)9-10-18(20)27(21)14-26-22/h4-11,14H,3,12-13,24-25H2,1-2H3/b19-17-. The van der Waals surface area contributed by atoms with E-state index in [1.807, 2.05) is 60.0 Å². The Morgan fingerprint density at radius 1 is 1.17 bits per heavy atom. The highest BCUT2D eigenvalue weighted by Crippen LogP contribution is 2.34. The minimum atomic E-state index is -0.452. The molecule has 4 rings (SSSR count). The predicted octanol–water partition coefficient (Wildman–Crippen LogP) is 3.01. The molecule has 2 heterocycles. The average Bonchev–Trinajstić information content (AvgIpc) is 3.11. The molecule has 0 amide bonds. The number of imidazole rings is 1. The maximum Gasteiger partial charge on any atom is 0.358 e. The number of esters is 1. The molecule has 7 heteroatoms. The first kappa shape index (κ1) is 19.7. The minimum Gasteiger partial charge on any atom is -0.461 e. The Labute approximate surface area is 175 Å². The maximum absolute atomic E-state index is 12.5. The van der Waals surface area contributed by atoms with E-state index in [2.05, 4.69) is 4.98 Å². The first-order valence-corrected chi connectivity index (χ1v) is 9.90. The van der Waals surface area contributed by atoms with Crippen LogP contribution in [-0.4, -0.2) is 22.1 Å². The van der Waals surface area contributed by atoms with Gasteiger partial charge in [-0.3, -0.25) is 9.58 Å². The molecule has 0 spiro atoms. The largest absolute Gasteiger partial charge is 0.461 e. The number of fused-ring (bicyclic) bond motifs is 3. The van der Waals surface area contributed by atoms with E-state index in [9.17, 15) is 4.79 Å². The summed E-state index contributed by atoms with van der Waals surface area (Å²) in [7, 11) is 0. The third-order valence-electron chi connectivity index (χ3n) is 5.22. The zero-order valence-corrected chi connectivity index (χ0v) is 17.1. The first-order valence-electron chi connectivity index (χ1n) is 9.90. The molecule has 0 saturated carbocycles. The summed E-state index contributed by atoms with van der Waals surface area (Å²) in [5.41, 5.74) is 12.7. The third-order valence-corrected chi connectivity index (χ3v) is 5.22. The number of allylic oxidation sites excluding steroid dienone is 2. The summed E-state index contributed by atoms with van der Waals surface area (Å²) in [6.07, 6.45) is 2.55. The minimum absolute atomic E-state index is 0.281. The number of hydrazine groups is 1. The summed E-state index contributed by atoms with van der Waals surface area (Å²) in [6, 6.07) is 16.0. The van der Waals surface area contributed by atoms with E-state index < -0.39 is 5.97 Å². The van der Waals surface area contributed by atoms with Gasteiger partial charge in [-0.1, -0.05) is 36.4 Å². The summed E-state index contributed by atoms with van der Waals surface area (Å²) in [5, 5.41) is 1.63. The van der Waals surface area contributed by atoms with Crippen LogP contribution >= 0.6 is 0 Å². The van der Waals surface area contributed by atoms with Crippen molar-refractivity contribution in [3.63, 3.8) is 0 Å². The summed E-state index contributed by atoms with van der Waals surface area (Å²) in [6.45, 7) is 4.06. The topological polar surface area (TPSA) is 99.4 Å². The van der Waals surface area contributed by atoms with E-state index in [1.165, 1.54) is 0 Å². The Bertz CT molecular complexity index is 1120. The number of aromatic nitrogens is 2. The number of nitrogens with two attached hydrogens (primary N) is 2. The summed E-state index contributed by atoms with van der Waals surface area (Å²) in [4.78, 5) is 16.9. The van der Waals surface area contributed by atoms with Gasteiger partial charge in [0.25, 0.3) is 0 Å². The lowest BCUT2D eigenvalue weighted by Gasteiger charge is -2.24. The van der Waals surface area contributed by atoms with Crippen molar-refractivity contribution >= 4 is 11.7 Å². The van der Waals surface area contributed by atoms with Crippen molar-refractivity contribution in [2.75, 3.05) is 11.6 Å².